The van der Waals surface area contributed by atoms with Crippen molar-refractivity contribution < 1.29 is 23.4 Å². The smallest absolute Gasteiger partial charge is 0.304 e. The van der Waals surface area contributed by atoms with Crippen molar-refractivity contribution >= 4 is 17.6 Å². The number of nitrogens with two attached hydrogens (primary N) is 1. The third-order valence-corrected chi connectivity index (χ3v) is 4.32. The molecule has 2 aromatic carbocycles. The van der Waals surface area contributed by atoms with E-state index >= 15 is 0 Å². The van der Waals surface area contributed by atoms with Gasteiger partial charge in [0.25, 0.3) is 5.88 Å². The molecule has 0 saturated carbocycles. The highest BCUT2D eigenvalue weighted by Crippen LogP contribution is 2.32. The van der Waals surface area contributed by atoms with Crippen LogP contribution in [0.2, 0.25) is 5.02 Å². The topological polar surface area (TPSA) is 85.4 Å². The Labute approximate surface area is 170 Å². The van der Waals surface area contributed by atoms with E-state index in [0.29, 0.717) is 16.7 Å². The summed E-state index contributed by atoms with van der Waals surface area (Å²) in [7, 11) is 0. The Morgan fingerprint density at radius 1 is 1.17 bits per heavy atom. The standard InChI is InChI=1S/C21H17ClF2N2O3/c22-15-9-18(24)21(26-11-15)29-19-5-4-13(12-2-1-3-16(23)7-12)6-14(19)8-17(25)10-20(27)28/h1-7,9,11,17H,8,10,25H2,(H,27,28)/t17-/m1/s1. The molecule has 3 aromatic rings. The molecule has 0 saturated heterocycles. The van der Waals surface area contributed by atoms with Gasteiger partial charge in [-0.15, -0.1) is 0 Å². The third kappa shape index (κ3) is 5.49. The Morgan fingerprint density at radius 2 is 1.93 bits per heavy atom. The Hall–Kier alpha value is -3.03. The lowest BCUT2D eigenvalue weighted by atomic mass is 9.97. The van der Waals surface area contributed by atoms with Crippen LogP contribution < -0.4 is 10.5 Å². The molecule has 8 heteroatoms. The van der Waals surface area contributed by atoms with E-state index in [1.165, 1.54) is 18.3 Å². The van der Waals surface area contributed by atoms with Gasteiger partial charge in [-0.2, -0.15) is 0 Å². The molecule has 0 fully saturated rings. The quantitative estimate of drug-likeness (QED) is 0.574. The molecule has 1 heterocycles. The second-order valence-corrected chi connectivity index (χ2v) is 6.87. The summed E-state index contributed by atoms with van der Waals surface area (Å²) in [5, 5.41) is 9.09. The van der Waals surface area contributed by atoms with E-state index in [-0.39, 0.29) is 35.3 Å². The largest absolute Gasteiger partial charge is 0.481 e. The van der Waals surface area contributed by atoms with Gasteiger partial charge in [0.15, 0.2) is 5.82 Å². The fourth-order valence-electron chi connectivity index (χ4n) is 2.85. The summed E-state index contributed by atoms with van der Waals surface area (Å²) in [5.74, 6) is -2.18. The van der Waals surface area contributed by atoms with Gasteiger partial charge in [0.05, 0.1) is 11.4 Å². The number of hydrogen-bond donors (Lipinski definition) is 2. The first-order chi connectivity index (χ1) is 13.8. The van der Waals surface area contributed by atoms with Crippen LogP contribution in [0.1, 0.15) is 12.0 Å². The van der Waals surface area contributed by atoms with Gasteiger partial charge < -0.3 is 15.6 Å². The van der Waals surface area contributed by atoms with Crippen molar-refractivity contribution in [3.8, 4) is 22.8 Å². The molecule has 1 atom stereocenters. The van der Waals surface area contributed by atoms with Gasteiger partial charge in [-0.25, -0.2) is 13.8 Å². The molecule has 0 radical (unpaired) electrons. The normalized spacial score (nSPS) is 11.9. The average Bonchev–Trinajstić information content (AvgIpc) is 2.64. The fraction of sp³-hybridized carbons (Fsp3) is 0.143. The molecule has 3 N–H and O–H groups in total. The highest BCUT2D eigenvalue weighted by atomic mass is 35.5. The number of aromatic nitrogens is 1. The van der Waals surface area contributed by atoms with Crippen LogP contribution in [0.5, 0.6) is 11.6 Å². The van der Waals surface area contributed by atoms with Gasteiger partial charge >= 0.3 is 5.97 Å². The first-order valence-electron chi connectivity index (χ1n) is 8.67. The number of carboxylic acids is 1. The van der Waals surface area contributed by atoms with Crippen LogP contribution in [0, 0.1) is 11.6 Å². The molecule has 0 aliphatic heterocycles. The van der Waals surface area contributed by atoms with E-state index < -0.39 is 17.8 Å². The molecule has 5 nitrogen and oxygen atoms in total. The maximum absolute atomic E-state index is 14.1. The molecular weight excluding hydrogens is 402 g/mol. The van der Waals surface area contributed by atoms with Gasteiger partial charge in [0.2, 0.25) is 0 Å². The summed E-state index contributed by atoms with van der Waals surface area (Å²) in [6, 6.07) is 11.4. The van der Waals surface area contributed by atoms with Crippen LogP contribution in [0.3, 0.4) is 0 Å². The molecule has 3 rings (SSSR count). The molecule has 0 aliphatic carbocycles. The molecule has 0 unspecified atom stereocenters. The van der Waals surface area contributed by atoms with Crippen molar-refractivity contribution in [1.82, 2.24) is 4.98 Å². The van der Waals surface area contributed by atoms with Crippen LogP contribution in [0.4, 0.5) is 8.78 Å². The lowest BCUT2D eigenvalue weighted by Crippen LogP contribution is -2.26. The molecular formula is C21H17ClF2N2O3. The summed E-state index contributed by atoms with van der Waals surface area (Å²) in [6.07, 6.45) is 1.15. The zero-order valence-corrected chi connectivity index (χ0v) is 15.9. The van der Waals surface area contributed by atoms with E-state index in [9.17, 15) is 13.6 Å². The highest BCUT2D eigenvalue weighted by molar-refractivity contribution is 6.30. The van der Waals surface area contributed by atoms with E-state index in [1.807, 2.05) is 0 Å². The molecule has 1 aromatic heterocycles. The Balaban J connectivity index is 1.98. The van der Waals surface area contributed by atoms with Crippen molar-refractivity contribution in [2.24, 2.45) is 5.73 Å². The average molecular weight is 419 g/mol. The Bertz CT molecular complexity index is 1050. The van der Waals surface area contributed by atoms with Crippen molar-refractivity contribution in [2.45, 2.75) is 18.9 Å². The number of hydrogen-bond acceptors (Lipinski definition) is 4. The SMILES string of the molecule is N[C@@H](CC(=O)O)Cc1cc(-c2cccc(F)c2)ccc1Oc1ncc(Cl)cc1F. The predicted molar refractivity (Wildman–Crippen MR) is 105 cm³/mol. The maximum Gasteiger partial charge on any atom is 0.304 e. The molecule has 150 valence electrons. The summed E-state index contributed by atoms with van der Waals surface area (Å²) < 4.78 is 33.2. The molecule has 0 amide bonds. The monoisotopic (exact) mass is 418 g/mol. The first-order valence-corrected chi connectivity index (χ1v) is 9.05. The molecule has 0 spiro atoms. The highest BCUT2D eigenvalue weighted by Gasteiger charge is 2.16. The summed E-state index contributed by atoms with van der Waals surface area (Å²) in [5.41, 5.74) is 7.77. The van der Waals surface area contributed by atoms with Gasteiger partial charge in [-0.05, 0) is 53.4 Å². The number of pyridine rings is 1. The molecule has 0 bridgehead atoms. The fourth-order valence-corrected chi connectivity index (χ4v) is 2.99. The van der Waals surface area contributed by atoms with Crippen LogP contribution in [-0.2, 0) is 11.2 Å². The minimum atomic E-state index is -1.04. The van der Waals surface area contributed by atoms with Crippen LogP contribution in [-0.4, -0.2) is 22.1 Å². The minimum absolute atomic E-state index is 0.125. The number of nitrogens with zero attached hydrogens (tertiary/aromatic N) is 1. The summed E-state index contributed by atoms with van der Waals surface area (Å²) >= 11 is 5.71. The number of halogens is 3. The van der Waals surface area contributed by atoms with Crippen LogP contribution in [0.25, 0.3) is 11.1 Å². The first kappa shape index (κ1) is 20.7. The van der Waals surface area contributed by atoms with Crippen molar-refractivity contribution in [3.63, 3.8) is 0 Å². The summed E-state index contributed by atoms with van der Waals surface area (Å²) in [6.45, 7) is 0. The number of rotatable bonds is 7. The van der Waals surface area contributed by atoms with Crippen molar-refractivity contribution in [3.05, 3.63) is 76.9 Å². The number of ether oxygens (including phenoxy) is 1. The Morgan fingerprint density at radius 3 is 2.62 bits per heavy atom. The van der Waals surface area contributed by atoms with E-state index in [4.69, 9.17) is 27.2 Å². The molecule has 0 aliphatic rings. The van der Waals surface area contributed by atoms with Crippen LogP contribution >= 0.6 is 11.6 Å². The van der Waals surface area contributed by atoms with Gasteiger partial charge in [0.1, 0.15) is 11.6 Å². The van der Waals surface area contributed by atoms with Gasteiger partial charge in [-0.1, -0.05) is 29.8 Å². The second kappa shape index (κ2) is 8.98. The number of carbonyl (C=O) groups is 1. The lowest BCUT2D eigenvalue weighted by molar-refractivity contribution is -0.137. The number of aliphatic carboxylic acids is 1. The van der Waals surface area contributed by atoms with Gasteiger partial charge in [0, 0.05) is 12.2 Å². The van der Waals surface area contributed by atoms with E-state index in [1.54, 1.807) is 30.3 Å². The predicted octanol–water partition coefficient (Wildman–Crippen LogP) is 4.82. The number of carboxylic acid groups (broad SMARTS) is 1. The molecule has 29 heavy (non-hydrogen) atoms. The minimum Gasteiger partial charge on any atom is -0.481 e. The third-order valence-electron chi connectivity index (χ3n) is 4.12. The van der Waals surface area contributed by atoms with Crippen molar-refractivity contribution in [2.75, 3.05) is 0 Å². The lowest BCUT2D eigenvalue weighted by Gasteiger charge is -2.16. The summed E-state index contributed by atoms with van der Waals surface area (Å²) in [4.78, 5) is 14.8. The Kier molecular flexibility index (Phi) is 6.41. The maximum atomic E-state index is 14.1. The zero-order chi connectivity index (χ0) is 21.0. The van der Waals surface area contributed by atoms with Crippen molar-refractivity contribution in [1.29, 1.82) is 0 Å². The van der Waals surface area contributed by atoms with E-state index in [2.05, 4.69) is 4.98 Å². The number of benzene rings is 2. The van der Waals surface area contributed by atoms with Crippen LogP contribution in [0.15, 0.2) is 54.7 Å². The van der Waals surface area contributed by atoms with E-state index in [0.717, 1.165) is 6.07 Å². The second-order valence-electron chi connectivity index (χ2n) is 6.44. The zero-order valence-electron chi connectivity index (χ0n) is 15.1. The van der Waals surface area contributed by atoms with Gasteiger partial charge in [-0.3, -0.25) is 4.79 Å².